The van der Waals surface area contributed by atoms with Gasteiger partial charge in [-0.05, 0) is 31.5 Å². The van der Waals surface area contributed by atoms with Crippen LogP contribution in [0.5, 0.6) is 0 Å². The molecule has 1 aliphatic carbocycles. The zero-order chi connectivity index (χ0) is 11.8. The maximum atomic E-state index is 13.5. The van der Waals surface area contributed by atoms with Crippen LogP contribution in [0.25, 0.3) is 11.0 Å². The summed E-state index contributed by atoms with van der Waals surface area (Å²) in [5.41, 5.74) is 0.374. The summed E-state index contributed by atoms with van der Waals surface area (Å²) in [6, 6.07) is 7.18. The number of para-hydroxylation sites is 1. The van der Waals surface area contributed by atoms with E-state index in [2.05, 4.69) is 5.32 Å². The van der Waals surface area contributed by atoms with E-state index >= 15 is 0 Å². The number of rotatable bonds is 4. The Morgan fingerprint density at radius 1 is 1.47 bits per heavy atom. The molecule has 0 saturated heterocycles. The van der Waals surface area contributed by atoms with Crippen molar-refractivity contribution in [3.63, 3.8) is 0 Å². The van der Waals surface area contributed by atoms with Gasteiger partial charge in [-0.3, -0.25) is 0 Å². The van der Waals surface area contributed by atoms with Crippen LogP contribution < -0.4 is 5.32 Å². The normalized spacial score (nSPS) is 17.5. The van der Waals surface area contributed by atoms with Crippen molar-refractivity contribution in [2.75, 3.05) is 7.05 Å². The second-order valence-electron chi connectivity index (χ2n) is 4.83. The topological polar surface area (TPSA) is 25.2 Å². The van der Waals surface area contributed by atoms with Crippen molar-refractivity contribution in [1.82, 2.24) is 5.32 Å². The monoisotopic (exact) mass is 233 g/mol. The summed E-state index contributed by atoms with van der Waals surface area (Å²) in [5, 5.41) is 4.10. The third kappa shape index (κ3) is 2.07. The van der Waals surface area contributed by atoms with Crippen LogP contribution in [0.4, 0.5) is 4.39 Å². The van der Waals surface area contributed by atoms with Crippen LogP contribution in [-0.2, 0) is 0 Å². The number of hydrogen-bond donors (Lipinski definition) is 1. The molecule has 0 spiro atoms. The Labute approximate surface area is 99.8 Å². The quantitative estimate of drug-likeness (QED) is 0.872. The highest BCUT2D eigenvalue weighted by Crippen LogP contribution is 2.38. The zero-order valence-corrected chi connectivity index (χ0v) is 9.87. The highest BCUT2D eigenvalue weighted by atomic mass is 19.1. The molecule has 1 fully saturated rings. The molecule has 1 N–H and O–H groups in total. The predicted octanol–water partition coefficient (Wildman–Crippen LogP) is 3.63. The molecule has 1 unspecified atom stereocenters. The fourth-order valence-corrected chi connectivity index (χ4v) is 2.28. The Balaban J connectivity index is 1.95. The lowest BCUT2D eigenvalue weighted by Crippen LogP contribution is -2.16. The van der Waals surface area contributed by atoms with Gasteiger partial charge in [0.05, 0.1) is 6.04 Å². The minimum atomic E-state index is -0.282. The summed E-state index contributed by atoms with van der Waals surface area (Å²) in [6.45, 7) is 0. The Morgan fingerprint density at radius 2 is 2.29 bits per heavy atom. The summed E-state index contributed by atoms with van der Waals surface area (Å²) in [5.74, 6) is 1.38. The van der Waals surface area contributed by atoms with Crippen molar-refractivity contribution in [2.24, 2.45) is 5.92 Å². The molecule has 3 heteroatoms. The SMILES string of the molecule is CNC(CC1CC1)c1cc2cccc(F)c2o1. The van der Waals surface area contributed by atoms with Crippen LogP contribution in [0.15, 0.2) is 28.7 Å². The van der Waals surface area contributed by atoms with Gasteiger partial charge in [0.2, 0.25) is 0 Å². The van der Waals surface area contributed by atoms with Gasteiger partial charge in [-0.25, -0.2) is 4.39 Å². The highest BCUT2D eigenvalue weighted by molar-refractivity contribution is 5.78. The van der Waals surface area contributed by atoms with Crippen LogP contribution in [0.1, 0.15) is 31.1 Å². The predicted molar refractivity (Wildman–Crippen MR) is 65.3 cm³/mol. The van der Waals surface area contributed by atoms with E-state index in [9.17, 15) is 4.39 Å². The summed E-state index contributed by atoms with van der Waals surface area (Å²) >= 11 is 0. The van der Waals surface area contributed by atoms with E-state index in [1.165, 1.54) is 18.9 Å². The Bertz CT molecular complexity index is 530. The van der Waals surface area contributed by atoms with Gasteiger partial charge in [0.15, 0.2) is 11.4 Å². The lowest BCUT2D eigenvalue weighted by molar-refractivity contribution is 0.412. The van der Waals surface area contributed by atoms with E-state index in [1.54, 1.807) is 6.07 Å². The van der Waals surface area contributed by atoms with Crippen molar-refractivity contribution in [1.29, 1.82) is 0 Å². The molecule has 1 aromatic heterocycles. The lowest BCUT2D eigenvalue weighted by atomic mass is 10.1. The van der Waals surface area contributed by atoms with Crippen molar-refractivity contribution in [3.05, 3.63) is 35.8 Å². The van der Waals surface area contributed by atoms with E-state index in [-0.39, 0.29) is 11.9 Å². The third-order valence-corrected chi connectivity index (χ3v) is 3.47. The molecule has 0 aliphatic heterocycles. The molecule has 17 heavy (non-hydrogen) atoms. The fourth-order valence-electron chi connectivity index (χ4n) is 2.28. The van der Waals surface area contributed by atoms with E-state index in [4.69, 9.17) is 4.42 Å². The van der Waals surface area contributed by atoms with E-state index in [1.807, 2.05) is 19.2 Å². The van der Waals surface area contributed by atoms with Crippen molar-refractivity contribution in [2.45, 2.75) is 25.3 Å². The lowest BCUT2D eigenvalue weighted by Gasteiger charge is -2.12. The van der Waals surface area contributed by atoms with Gasteiger partial charge in [-0.15, -0.1) is 0 Å². The summed E-state index contributed by atoms with van der Waals surface area (Å²) in [4.78, 5) is 0. The van der Waals surface area contributed by atoms with Gasteiger partial charge >= 0.3 is 0 Å². The van der Waals surface area contributed by atoms with Gasteiger partial charge in [-0.1, -0.05) is 25.0 Å². The molecule has 90 valence electrons. The van der Waals surface area contributed by atoms with Crippen LogP contribution in [0, 0.1) is 11.7 Å². The minimum absolute atomic E-state index is 0.203. The van der Waals surface area contributed by atoms with Crippen molar-refractivity contribution >= 4 is 11.0 Å². The van der Waals surface area contributed by atoms with Crippen LogP contribution >= 0.6 is 0 Å². The van der Waals surface area contributed by atoms with Gasteiger partial charge < -0.3 is 9.73 Å². The maximum Gasteiger partial charge on any atom is 0.169 e. The van der Waals surface area contributed by atoms with Gasteiger partial charge in [0, 0.05) is 5.39 Å². The standard InChI is InChI=1S/C14H16FNO/c1-16-12(7-9-5-6-9)13-8-10-3-2-4-11(15)14(10)17-13/h2-4,8-9,12,16H,5-7H2,1H3. The van der Waals surface area contributed by atoms with Crippen LogP contribution in [0.2, 0.25) is 0 Å². The Morgan fingerprint density at radius 3 is 2.94 bits per heavy atom. The molecule has 1 atom stereocenters. The second kappa shape index (κ2) is 4.15. The van der Waals surface area contributed by atoms with Gasteiger partial charge in [-0.2, -0.15) is 0 Å². The largest absolute Gasteiger partial charge is 0.456 e. The number of nitrogens with one attached hydrogen (secondary N) is 1. The zero-order valence-electron chi connectivity index (χ0n) is 9.87. The molecular weight excluding hydrogens is 217 g/mol. The second-order valence-corrected chi connectivity index (χ2v) is 4.83. The maximum absolute atomic E-state index is 13.5. The molecule has 1 heterocycles. The van der Waals surface area contributed by atoms with E-state index < -0.39 is 0 Å². The first-order valence-electron chi connectivity index (χ1n) is 6.13. The van der Waals surface area contributed by atoms with Crippen molar-refractivity contribution in [3.8, 4) is 0 Å². The van der Waals surface area contributed by atoms with Gasteiger partial charge in [0.25, 0.3) is 0 Å². The molecule has 1 aliphatic rings. The number of furan rings is 1. The molecule has 1 aromatic carbocycles. The molecule has 1 saturated carbocycles. The number of benzene rings is 1. The minimum Gasteiger partial charge on any atom is -0.456 e. The number of halogens is 1. The highest BCUT2D eigenvalue weighted by Gasteiger charge is 2.27. The molecule has 0 amide bonds. The number of hydrogen-bond acceptors (Lipinski definition) is 2. The Kier molecular flexibility index (Phi) is 2.63. The van der Waals surface area contributed by atoms with Gasteiger partial charge in [0.1, 0.15) is 5.76 Å². The average molecular weight is 233 g/mol. The molecule has 2 aromatic rings. The van der Waals surface area contributed by atoms with E-state index in [0.717, 1.165) is 23.5 Å². The third-order valence-electron chi connectivity index (χ3n) is 3.47. The molecule has 0 bridgehead atoms. The smallest absolute Gasteiger partial charge is 0.169 e. The number of fused-ring (bicyclic) bond motifs is 1. The van der Waals surface area contributed by atoms with Crippen LogP contribution in [-0.4, -0.2) is 7.05 Å². The summed E-state index contributed by atoms with van der Waals surface area (Å²) in [6.07, 6.45) is 3.71. The summed E-state index contributed by atoms with van der Waals surface area (Å²) in [7, 11) is 1.93. The first-order chi connectivity index (χ1) is 8.28. The molecule has 0 radical (unpaired) electrons. The average Bonchev–Trinajstić information content (AvgIpc) is 3.04. The molecular formula is C14H16FNO. The fraction of sp³-hybridized carbons (Fsp3) is 0.429. The molecule has 2 nitrogen and oxygen atoms in total. The first-order valence-corrected chi connectivity index (χ1v) is 6.13. The first kappa shape index (κ1) is 10.8. The van der Waals surface area contributed by atoms with E-state index in [0.29, 0.717) is 5.58 Å². The summed E-state index contributed by atoms with van der Waals surface area (Å²) < 4.78 is 19.2. The van der Waals surface area contributed by atoms with Crippen molar-refractivity contribution < 1.29 is 8.81 Å². The molecule has 3 rings (SSSR count). The van der Waals surface area contributed by atoms with Crippen LogP contribution in [0.3, 0.4) is 0 Å². The Hall–Kier alpha value is -1.35.